The van der Waals surface area contributed by atoms with Crippen molar-refractivity contribution < 1.29 is 0 Å². The highest BCUT2D eigenvalue weighted by Crippen LogP contribution is 2.00. The molecule has 3 N–H and O–H groups in total. The van der Waals surface area contributed by atoms with Crippen molar-refractivity contribution in [3.63, 3.8) is 0 Å². The van der Waals surface area contributed by atoms with Gasteiger partial charge in [-0.25, -0.2) is 4.98 Å². The van der Waals surface area contributed by atoms with Crippen LogP contribution in [0.1, 0.15) is 6.92 Å². The number of nitrogens with one attached hydrogen (secondary N) is 1. The molecule has 0 aliphatic rings. The van der Waals surface area contributed by atoms with Crippen molar-refractivity contribution in [2.45, 2.75) is 6.92 Å². The molecule has 0 aliphatic heterocycles. The Bertz CT molecular complexity index is 271. The number of nitrogens with two attached hydrogens (primary N) is 1. The monoisotopic (exact) mass is 150 g/mol. The molecule has 0 spiro atoms. The molecule has 1 heterocycles. The van der Waals surface area contributed by atoms with Crippen molar-refractivity contribution in [3.05, 3.63) is 24.3 Å². The fourth-order valence-corrected chi connectivity index (χ4v) is 0.679. The van der Waals surface area contributed by atoms with Crippen molar-refractivity contribution in [1.29, 1.82) is 5.41 Å². The van der Waals surface area contributed by atoms with Crippen molar-refractivity contribution in [3.8, 4) is 0 Å². The molecule has 1 aromatic heterocycles. The number of hydrogen-bond acceptors (Lipinski definition) is 3. The SMILES string of the molecule is C/C(C=N)=C(/N)n1ccnc1. The van der Waals surface area contributed by atoms with Gasteiger partial charge in [0.2, 0.25) is 0 Å². The van der Waals surface area contributed by atoms with E-state index in [1.807, 2.05) is 0 Å². The zero-order chi connectivity index (χ0) is 8.27. The van der Waals surface area contributed by atoms with Gasteiger partial charge in [0.15, 0.2) is 0 Å². The summed E-state index contributed by atoms with van der Waals surface area (Å²) in [7, 11) is 0. The Morgan fingerprint density at radius 2 is 2.45 bits per heavy atom. The maximum absolute atomic E-state index is 6.94. The van der Waals surface area contributed by atoms with Crippen molar-refractivity contribution in [2.75, 3.05) is 0 Å². The Labute approximate surface area is 64.9 Å². The van der Waals surface area contributed by atoms with Gasteiger partial charge >= 0.3 is 0 Å². The molecule has 0 aliphatic carbocycles. The van der Waals surface area contributed by atoms with E-state index in [0.717, 1.165) is 5.57 Å². The predicted molar refractivity (Wildman–Crippen MR) is 44.1 cm³/mol. The largest absolute Gasteiger partial charge is 0.385 e. The lowest BCUT2D eigenvalue weighted by Gasteiger charge is -2.02. The van der Waals surface area contributed by atoms with Crippen LogP contribution in [0.25, 0.3) is 5.82 Å². The van der Waals surface area contributed by atoms with Gasteiger partial charge in [-0.05, 0) is 6.92 Å². The van der Waals surface area contributed by atoms with Gasteiger partial charge in [0.25, 0.3) is 0 Å². The van der Waals surface area contributed by atoms with Gasteiger partial charge < -0.3 is 11.1 Å². The minimum absolute atomic E-state index is 0.539. The van der Waals surface area contributed by atoms with Crippen LogP contribution >= 0.6 is 0 Å². The molecular formula is C7H10N4. The Hall–Kier alpha value is -1.58. The van der Waals surface area contributed by atoms with Crippen molar-refractivity contribution >= 4 is 12.0 Å². The molecule has 0 saturated carbocycles. The van der Waals surface area contributed by atoms with E-state index in [0.29, 0.717) is 5.82 Å². The van der Waals surface area contributed by atoms with Gasteiger partial charge in [0.05, 0.1) is 0 Å². The van der Waals surface area contributed by atoms with E-state index in [4.69, 9.17) is 11.1 Å². The summed E-state index contributed by atoms with van der Waals surface area (Å²) < 4.78 is 1.67. The standard InChI is InChI=1S/C7H10N4/c1-6(4-8)7(9)11-3-2-10-5-11/h2-5,8H,9H2,1H3/b7-6+,8-4?. The van der Waals surface area contributed by atoms with Crippen molar-refractivity contribution in [1.82, 2.24) is 9.55 Å². The molecule has 0 fully saturated rings. The fourth-order valence-electron chi connectivity index (χ4n) is 0.679. The normalized spacial score (nSPS) is 12.5. The smallest absolute Gasteiger partial charge is 0.113 e. The van der Waals surface area contributed by atoms with E-state index in [1.54, 1.807) is 30.2 Å². The highest BCUT2D eigenvalue weighted by atomic mass is 15.1. The van der Waals surface area contributed by atoms with Crippen LogP contribution in [0.4, 0.5) is 0 Å². The third-order valence-corrected chi connectivity index (χ3v) is 1.40. The first-order chi connectivity index (χ1) is 5.25. The summed E-state index contributed by atoms with van der Waals surface area (Å²) in [6.45, 7) is 1.78. The van der Waals surface area contributed by atoms with Crippen LogP contribution in [-0.2, 0) is 0 Å². The van der Waals surface area contributed by atoms with Gasteiger partial charge in [-0.1, -0.05) is 0 Å². The second kappa shape index (κ2) is 3.01. The second-order valence-electron chi connectivity index (χ2n) is 2.18. The summed E-state index contributed by atoms with van der Waals surface area (Å²) in [6.07, 6.45) is 6.20. The maximum atomic E-state index is 6.94. The highest BCUT2D eigenvalue weighted by Gasteiger charge is 1.95. The quantitative estimate of drug-likeness (QED) is 0.609. The molecule has 0 atom stereocenters. The zero-order valence-electron chi connectivity index (χ0n) is 6.28. The minimum Gasteiger partial charge on any atom is -0.385 e. The first-order valence-corrected chi connectivity index (χ1v) is 3.21. The van der Waals surface area contributed by atoms with Gasteiger partial charge in [0, 0.05) is 24.2 Å². The Morgan fingerprint density at radius 3 is 2.91 bits per heavy atom. The fraction of sp³-hybridized carbons (Fsp3) is 0.143. The lowest BCUT2D eigenvalue weighted by molar-refractivity contribution is 1.05. The molecule has 58 valence electrons. The minimum atomic E-state index is 0.539. The van der Waals surface area contributed by atoms with E-state index in [-0.39, 0.29) is 0 Å². The van der Waals surface area contributed by atoms with Gasteiger partial charge in [-0.15, -0.1) is 0 Å². The predicted octanol–water partition coefficient (Wildman–Crippen LogP) is 0.680. The number of imidazole rings is 1. The van der Waals surface area contributed by atoms with E-state index in [2.05, 4.69) is 4.98 Å². The van der Waals surface area contributed by atoms with Gasteiger partial charge in [-0.3, -0.25) is 4.57 Å². The first-order valence-electron chi connectivity index (χ1n) is 3.21. The summed E-state index contributed by atoms with van der Waals surface area (Å²) >= 11 is 0. The number of aromatic nitrogens is 2. The molecule has 0 amide bonds. The Balaban J connectivity index is 3.02. The molecule has 4 heteroatoms. The summed E-state index contributed by atoms with van der Waals surface area (Å²) in [5.74, 6) is 0.539. The number of hydrogen-bond donors (Lipinski definition) is 2. The topological polar surface area (TPSA) is 67.7 Å². The summed E-state index contributed by atoms with van der Waals surface area (Å²) in [5, 5.41) is 6.94. The van der Waals surface area contributed by atoms with Crippen LogP contribution in [0.3, 0.4) is 0 Å². The summed E-state index contributed by atoms with van der Waals surface area (Å²) in [4.78, 5) is 3.83. The lowest BCUT2D eigenvalue weighted by atomic mass is 10.3. The van der Waals surface area contributed by atoms with Crippen LogP contribution in [0.2, 0.25) is 0 Å². The number of rotatable bonds is 2. The molecule has 4 nitrogen and oxygen atoms in total. The molecular weight excluding hydrogens is 140 g/mol. The van der Waals surface area contributed by atoms with Crippen LogP contribution in [0.5, 0.6) is 0 Å². The van der Waals surface area contributed by atoms with E-state index < -0.39 is 0 Å². The number of nitrogens with zero attached hydrogens (tertiary/aromatic N) is 2. The summed E-state index contributed by atoms with van der Waals surface area (Å²) in [5.41, 5.74) is 6.37. The van der Waals surface area contributed by atoms with E-state index in [1.165, 1.54) is 6.21 Å². The average Bonchev–Trinajstić information content (AvgIpc) is 2.53. The van der Waals surface area contributed by atoms with Crippen LogP contribution in [-0.4, -0.2) is 15.8 Å². The van der Waals surface area contributed by atoms with Crippen LogP contribution < -0.4 is 5.73 Å². The average molecular weight is 150 g/mol. The van der Waals surface area contributed by atoms with Gasteiger partial charge in [0.1, 0.15) is 12.1 Å². The van der Waals surface area contributed by atoms with Crippen molar-refractivity contribution in [2.24, 2.45) is 5.73 Å². The molecule has 0 aromatic carbocycles. The molecule has 1 rings (SSSR count). The van der Waals surface area contributed by atoms with E-state index >= 15 is 0 Å². The maximum Gasteiger partial charge on any atom is 0.113 e. The molecule has 0 unspecified atom stereocenters. The zero-order valence-corrected chi connectivity index (χ0v) is 6.28. The van der Waals surface area contributed by atoms with Crippen LogP contribution in [0, 0.1) is 5.41 Å². The Morgan fingerprint density at radius 1 is 1.73 bits per heavy atom. The molecule has 0 radical (unpaired) electrons. The third-order valence-electron chi connectivity index (χ3n) is 1.40. The number of allylic oxidation sites excluding steroid dienone is 1. The molecule has 0 bridgehead atoms. The molecule has 11 heavy (non-hydrogen) atoms. The van der Waals surface area contributed by atoms with Gasteiger partial charge in [-0.2, -0.15) is 0 Å². The lowest BCUT2D eigenvalue weighted by Crippen LogP contribution is -2.07. The molecule has 1 aromatic rings. The third kappa shape index (κ3) is 1.46. The molecule has 0 saturated heterocycles. The first kappa shape index (κ1) is 7.53. The highest BCUT2D eigenvalue weighted by molar-refractivity contribution is 5.82. The van der Waals surface area contributed by atoms with E-state index in [9.17, 15) is 0 Å². The second-order valence-corrected chi connectivity index (χ2v) is 2.18. The van der Waals surface area contributed by atoms with Crippen LogP contribution in [0.15, 0.2) is 24.3 Å². The summed E-state index contributed by atoms with van der Waals surface area (Å²) in [6, 6.07) is 0. The Kier molecular flexibility index (Phi) is 2.06.